The summed E-state index contributed by atoms with van der Waals surface area (Å²) in [6, 6.07) is 11.6. The van der Waals surface area contributed by atoms with Gasteiger partial charge in [0.25, 0.3) is 5.78 Å². The maximum absolute atomic E-state index is 14.3. The summed E-state index contributed by atoms with van der Waals surface area (Å²) in [7, 11) is 0. The Balaban J connectivity index is 1.45. The quantitative estimate of drug-likeness (QED) is 0.581. The fraction of sp³-hybridized carbons (Fsp3) is 0.286. The van der Waals surface area contributed by atoms with Crippen LogP contribution >= 0.6 is 11.6 Å². The molecule has 2 aliphatic heterocycles. The number of piperidine rings is 1. The summed E-state index contributed by atoms with van der Waals surface area (Å²) in [5, 5.41) is 0.0735. The predicted octanol–water partition coefficient (Wildman–Crippen LogP) is 3.56. The minimum atomic E-state index is -0.784. The number of nitrogens with zero attached hydrogens (tertiary/aromatic N) is 2. The van der Waals surface area contributed by atoms with E-state index < -0.39 is 17.5 Å². The van der Waals surface area contributed by atoms with E-state index in [1.807, 2.05) is 35.2 Å². The van der Waals surface area contributed by atoms with Gasteiger partial charge < -0.3 is 0 Å². The van der Waals surface area contributed by atoms with Crippen molar-refractivity contribution in [2.24, 2.45) is 5.92 Å². The van der Waals surface area contributed by atoms with Crippen LogP contribution in [0, 0.1) is 11.7 Å². The maximum Gasteiger partial charge on any atom is 0.300 e. The van der Waals surface area contributed by atoms with Gasteiger partial charge in [0.15, 0.2) is 5.78 Å². The Morgan fingerprint density at radius 1 is 1.07 bits per heavy atom. The first kappa shape index (κ1) is 18.8. The zero-order chi connectivity index (χ0) is 19.8. The van der Waals surface area contributed by atoms with E-state index in [1.165, 1.54) is 6.07 Å². The Morgan fingerprint density at radius 3 is 2.43 bits per heavy atom. The van der Waals surface area contributed by atoms with Crippen molar-refractivity contribution < 1.29 is 18.8 Å². The topological polar surface area (TPSA) is 57.7 Å². The van der Waals surface area contributed by atoms with Gasteiger partial charge >= 0.3 is 5.91 Å². The normalized spacial score (nSPS) is 17.9. The van der Waals surface area contributed by atoms with Crippen molar-refractivity contribution >= 4 is 34.8 Å². The Bertz CT molecular complexity index is 956. The second kappa shape index (κ2) is 7.45. The lowest BCUT2D eigenvalue weighted by Gasteiger charge is -2.34. The number of rotatable bonds is 4. The van der Waals surface area contributed by atoms with Crippen LogP contribution in [0.1, 0.15) is 33.6 Å². The summed E-state index contributed by atoms with van der Waals surface area (Å²) in [6.07, 6.45) is 1.29. The molecule has 2 heterocycles. The summed E-state index contributed by atoms with van der Waals surface area (Å²) < 4.78 is 14.3. The highest BCUT2D eigenvalue weighted by molar-refractivity contribution is 6.55. The van der Waals surface area contributed by atoms with Gasteiger partial charge in [-0.15, -0.1) is 0 Å². The number of benzene rings is 2. The lowest BCUT2D eigenvalue weighted by Crippen LogP contribution is -2.45. The number of carbonyl (C=O) groups excluding carboxylic acids is 3. The smallest absolute Gasteiger partial charge is 0.294 e. The van der Waals surface area contributed by atoms with Gasteiger partial charge in [-0.05, 0) is 25.0 Å². The molecule has 0 aliphatic carbocycles. The summed E-state index contributed by atoms with van der Waals surface area (Å²) in [6.45, 7) is 1.26. The molecule has 2 aliphatic rings. The van der Waals surface area contributed by atoms with E-state index in [2.05, 4.69) is 0 Å². The van der Waals surface area contributed by atoms with Crippen LogP contribution in [-0.2, 0) is 4.79 Å². The molecule has 7 heteroatoms. The molecule has 0 spiro atoms. The largest absolute Gasteiger partial charge is 0.300 e. The van der Waals surface area contributed by atoms with Crippen molar-refractivity contribution in [3.05, 3.63) is 64.4 Å². The minimum Gasteiger partial charge on any atom is -0.294 e. The van der Waals surface area contributed by atoms with Crippen LogP contribution in [0.25, 0.3) is 0 Å². The van der Waals surface area contributed by atoms with E-state index in [4.69, 9.17) is 11.6 Å². The third-order valence-electron chi connectivity index (χ3n) is 5.37. The van der Waals surface area contributed by atoms with Crippen molar-refractivity contribution in [2.75, 3.05) is 24.7 Å². The molecule has 0 saturated carbocycles. The Hall–Kier alpha value is -2.57. The molecule has 0 bridgehead atoms. The Kier molecular flexibility index (Phi) is 5.00. The maximum atomic E-state index is 14.3. The SMILES string of the molecule is O=C1C(=O)N(CN2CCC(C(=O)c3ccccc3)CC2)c2c(F)ccc(Cl)c21. The molecule has 144 valence electrons. The monoisotopic (exact) mass is 400 g/mol. The van der Waals surface area contributed by atoms with Gasteiger partial charge in [-0.3, -0.25) is 24.2 Å². The highest BCUT2D eigenvalue weighted by atomic mass is 35.5. The van der Waals surface area contributed by atoms with Crippen molar-refractivity contribution in [1.82, 2.24) is 4.90 Å². The molecular weight excluding hydrogens is 383 g/mol. The van der Waals surface area contributed by atoms with Gasteiger partial charge in [0, 0.05) is 24.6 Å². The average Bonchev–Trinajstić information content (AvgIpc) is 2.97. The first-order valence-corrected chi connectivity index (χ1v) is 9.51. The second-order valence-corrected chi connectivity index (χ2v) is 7.49. The number of Topliss-reactive ketones (excluding diaryl/α,β-unsaturated/α-hetero) is 2. The van der Waals surface area contributed by atoms with Crippen LogP contribution in [-0.4, -0.2) is 42.1 Å². The number of ketones is 2. The molecule has 0 radical (unpaired) electrons. The number of anilines is 1. The summed E-state index contributed by atoms with van der Waals surface area (Å²) in [5.41, 5.74) is 0.581. The molecule has 5 nitrogen and oxygen atoms in total. The molecule has 4 rings (SSSR count). The number of hydrogen-bond acceptors (Lipinski definition) is 4. The van der Waals surface area contributed by atoms with Gasteiger partial charge in [-0.1, -0.05) is 41.9 Å². The Labute approximate surface area is 166 Å². The van der Waals surface area contributed by atoms with Crippen molar-refractivity contribution in [2.45, 2.75) is 12.8 Å². The summed E-state index contributed by atoms with van der Waals surface area (Å²) in [4.78, 5) is 40.3. The van der Waals surface area contributed by atoms with E-state index in [1.54, 1.807) is 0 Å². The highest BCUT2D eigenvalue weighted by Crippen LogP contribution is 2.37. The van der Waals surface area contributed by atoms with Crippen LogP contribution in [0.15, 0.2) is 42.5 Å². The number of hydrogen-bond donors (Lipinski definition) is 0. The van der Waals surface area contributed by atoms with Gasteiger partial charge in [-0.25, -0.2) is 4.39 Å². The second-order valence-electron chi connectivity index (χ2n) is 7.08. The molecule has 2 aromatic carbocycles. The number of fused-ring (bicyclic) bond motifs is 1. The molecule has 1 fully saturated rings. The number of amides is 1. The molecule has 0 N–H and O–H groups in total. The number of carbonyl (C=O) groups is 3. The van der Waals surface area contributed by atoms with Crippen LogP contribution < -0.4 is 4.90 Å². The first-order valence-electron chi connectivity index (χ1n) is 9.13. The fourth-order valence-electron chi connectivity index (χ4n) is 3.86. The molecule has 0 atom stereocenters. The molecule has 28 heavy (non-hydrogen) atoms. The molecule has 1 amide bonds. The van der Waals surface area contributed by atoms with Crippen LogP contribution in [0.5, 0.6) is 0 Å². The van der Waals surface area contributed by atoms with Crippen molar-refractivity contribution in [3.8, 4) is 0 Å². The summed E-state index contributed by atoms with van der Waals surface area (Å²) in [5.74, 6) is -2.16. The highest BCUT2D eigenvalue weighted by Gasteiger charge is 2.41. The Morgan fingerprint density at radius 2 is 1.75 bits per heavy atom. The lowest BCUT2D eigenvalue weighted by molar-refractivity contribution is -0.114. The van der Waals surface area contributed by atoms with Crippen molar-refractivity contribution in [3.63, 3.8) is 0 Å². The third-order valence-corrected chi connectivity index (χ3v) is 5.69. The average molecular weight is 401 g/mol. The van der Waals surface area contributed by atoms with Crippen LogP contribution in [0.4, 0.5) is 10.1 Å². The first-order chi connectivity index (χ1) is 13.5. The number of halogens is 2. The zero-order valence-electron chi connectivity index (χ0n) is 15.0. The molecule has 0 unspecified atom stereocenters. The van der Waals surface area contributed by atoms with E-state index in [9.17, 15) is 18.8 Å². The predicted molar refractivity (Wildman–Crippen MR) is 103 cm³/mol. The zero-order valence-corrected chi connectivity index (χ0v) is 15.8. The van der Waals surface area contributed by atoms with E-state index in [-0.39, 0.29) is 34.6 Å². The van der Waals surface area contributed by atoms with E-state index >= 15 is 0 Å². The molecule has 2 aromatic rings. The number of likely N-dealkylation sites (tertiary alicyclic amines) is 1. The van der Waals surface area contributed by atoms with Gasteiger partial charge in [0.2, 0.25) is 0 Å². The van der Waals surface area contributed by atoms with E-state index in [0.29, 0.717) is 31.5 Å². The van der Waals surface area contributed by atoms with Crippen molar-refractivity contribution in [1.29, 1.82) is 0 Å². The third kappa shape index (κ3) is 3.23. The molecule has 1 saturated heterocycles. The van der Waals surface area contributed by atoms with E-state index in [0.717, 1.165) is 11.0 Å². The standard InChI is InChI=1S/C21H18ClFN2O3/c22-15-6-7-16(23)18-17(15)20(27)21(28)25(18)12-24-10-8-14(9-11-24)19(26)13-4-2-1-3-5-13/h1-7,14H,8-12H2. The van der Waals surface area contributed by atoms with Crippen LogP contribution in [0.3, 0.4) is 0 Å². The molecular formula is C21H18ClFN2O3. The summed E-state index contributed by atoms with van der Waals surface area (Å²) >= 11 is 6.00. The lowest BCUT2D eigenvalue weighted by atomic mass is 9.89. The van der Waals surface area contributed by atoms with Gasteiger partial charge in [0.1, 0.15) is 5.82 Å². The fourth-order valence-corrected chi connectivity index (χ4v) is 4.10. The van der Waals surface area contributed by atoms with Gasteiger partial charge in [-0.2, -0.15) is 0 Å². The van der Waals surface area contributed by atoms with Gasteiger partial charge in [0.05, 0.1) is 22.9 Å². The minimum absolute atomic E-state index is 0.0509. The molecule has 0 aromatic heterocycles. The van der Waals surface area contributed by atoms with Crippen LogP contribution in [0.2, 0.25) is 5.02 Å².